The molecule has 32 heavy (non-hydrogen) atoms. The predicted octanol–water partition coefficient (Wildman–Crippen LogP) is 2.36. The molecule has 1 aliphatic heterocycles. The summed E-state index contributed by atoms with van der Waals surface area (Å²) in [5, 5.41) is 3.17. The van der Waals surface area contributed by atoms with Gasteiger partial charge in [0.15, 0.2) is 9.84 Å². The smallest absolute Gasteiger partial charge is 0.242 e. The third-order valence-corrected chi connectivity index (χ3v) is 7.30. The van der Waals surface area contributed by atoms with Crippen LogP contribution in [0.25, 0.3) is 10.9 Å². The van der Waals surface area contributed by atoms with Crippen LogP contribution in [0.15, 0.2) is 35.4 Å². The van der Waals surface area contributed by atoms with Crippen LogP contribution in [-0.2, 0) is 30.7 Å². The van der Waals surface area contributed by atoms with E-state index < -0.39 is 21.5 Å². The zero-order valence-electron chi connectivity index (χ0n) is 19.2. The van der Waals surface area contributed by atoms with Crippen molar-refractivity contribution < 1.29 is 22.7 Å². The van der Waals surface area contributed by atoms with Crippen LogP contribution >= 0.6 is 0 Å². The van der Waals surface area contributed by atoms with E-state index in [1.54, 1.807) is 33.7 Å². The van der Waals surface area contributed by atoms with E-state index in [1.165, 1.54) is 6.20 Å². The number of amides is 2. The van der Waals surface area contributed by atoms with E-state index in [0.29, 0.717) is 24.1 Å². The molecular formula is C23H33N3O5S. The molecular weight excluding hydrogens is 430 g/mol. The fourth-order valence-corrected chi connectivity index (χ4v) is 5.72. The van der Waals surface area contributed by atoms with Gasteiger partial charge in [-0.3, -0.25) is 9.59 Å². The van der Waals surface area contributed by atoms with Crippen molar-refractivity contribution in [2.75, 3.05) is 18.9 Å². The van der Waals surface area contributed by atoms with Gasteiger partial charge >= 0.3 is 0 Å². The lowest BCUT2D eigenvalue weighted by molar-refractivity contribution is -0.135. The number of ether oxygens (including phenoxy) is 1. The summed E-state index contributed by atoms with van der Waals surface area (Å²) in [6, 6.07) is 7.10. The summed E-state index contributed by atoms with van der Waals surface area (Å²) in [6.07, 6.45) is 3.23. The van der Waals surface area contributed by atoms with Crippen molar-refractivity contribution in [1.82, 2.24) is 14.8 Å². The van der Waals surface area contributed by atoms with Crippen LogP contribution in [0.1, 0.15) is 40.5 Å². The Balaban J connectivity index is 1.82. The molecule has 2 aromatic rings. The molecule has 1 fully saturated rings. The van der Waals surface area contributed by atoms with Gasteiger partial charge in [0.05, 0.1) is 11.0 Å². The fraction of sp³-hybridized carbons (Fsp3) is 0.565. The lowest BCUT2D eigenvalue weighted by atomic mass is 10.2. The summed E-state index contributed by atoms with van der Waals surface area (Å²) in [6.45, 7) is 8.83. The van der Waals surface area contributed by atoms with Crippen molar-refractivity contribution in [3.63, 3.8) is 0 Å². The fourth-order valence-electron chi connectivity index (χ4n) is 4.33. The Kier molecular flexibility index (Phi) is 7.61. The topological polar surface area (TPSA) is 97.7 Å². The second-order valence-corrected chi connectivity index (χ2v) is 10.8. The number of carbonyl (C=O) groups excluding carboxylic acids is 2. The number of benzene rings is 1. The lowest BCUT2D eigenvalue weighted by Gasteiger charge is -2.31. The maximum Gasteiger partial charge on any atom is 0.242 e. The van der Waals surface area contributed by atoms with Gasteiger partial charge < -0.3 is 19.5 Å². The molecule has 0 bridgehead atoms. The summed E-state index contributed by atoms with van der Waals surface area (Å²) < 4.78 is 33.3. The molecule has 0 saturated carbocycles. The standard InChI is InChI=1S/C23H33N3O5S/c1-16(2)26(17(3)4)23(28)14-25-13-21(19-9-5-6-10-20(19)25)32(29,30)15-22(27)24-12-18-8-7-11-31-18/h5-6,9-10,13,16-18H,7-8,11-12,14-15H2,1-4H3,(H,24,27)/t18-/m0/s1. The largest absolute Gasteiger partial charge is 0.376 e. The molecule has 176 valence electrons. The number of rotatable bonds is 9. The average molecular weight is 464 g/mol. The Morgan fingerprint density at radius 1 is 1.19 bits per heavy atom. The van der Waals surface area contributed by atoms with E-state index in [0.717, 1.165) is 12.8 Å². The lowest BCUT2D eigenvalue weighted by Crippen LogP contribution is -2.43. The van der Waals surface area contributed by atoms with Crippen molar-refractivity contribution >= 4 is 32.6 Å². The second-order valence-electron chi connectivity index (χ2n) is 8.83. The highest BCUT2D eigenvalue weighted by molar-refractivity contribution is 7.92. The monoisotopic (exact) mass is 463 g/mol. The summed E-state index contributed by atoms with van der Waals surface area (Å²) in [5.74, 6) is -1.29. The minimum Gasteiger partial charge on any atom is -0.376 e. The molecule has 3 rings (SSSR count). The van der Waals surface area contributed by atoms with Gasteiger partial charge in [0.1, 0.15) is 12.3 Å². The molecule has 0 unspecified atom stereocenters. The third-order valence-electron chi connectivity index (χ3n) is 5.67. The Labute approximate surface area is 189 Å². The zero-order valence-corrected chi connectivity index (χ0v) is 20.0. The predicted molar refractivity (Wildman–Crippen MR) is 123 cm³/mol. The Bertz CT molecular complexity index is 1060. The van der Waals surface area contributed by atoms with Crippen LogP contribution in [-0.4, -0.2) is 66.8 Å². The number of para-hydroxylation sites is 1. The van der Waals surface area contributed by atoms with E-state index in [2.05, 4.69) is 5.32 Å². The molecule has 2 amide bonds. The first kappa shape index (κ1) is 24.3. The van der Waals surface area contributed by atoms with Gasteiger partial charge in [0, 0.05) is 42.3 Å². The van der Waals surface area contributed by atoms with E-state index in [-0.39, 0.29) is 35.5 Å². The van der Waals surface area contributed by atoms with Gasteiger partial charge in [-0.2, -0.15) is 0 Å². The van der Waals surface area contributed by atoms with Crippen LogP contribution in [0.4, 0.5) is 0 Å². The highest BCUT2D eigenvalue weighted by atomic mass is 32.2. The maximum atomic E-state index is 13.1. The van der Waals surface area contributed by atoms with Crippen molar-refractivity contribution in [2.24, 2.45) is 0 Å². The molecule has 1 aromatic heterocycles. The zero-order chi connectivity index (χ0) is 23.5. The van der Waals surface area contributed by atoms with Gasteiger partial charge in [0.2, 0.25) is 11.8 Å². The quantitative estimate of drug-likeness (QED) is 0.616. The van der Waals surface area contributed by atoms with Crippen molar-refractivity contribution in [2.45, 2.75) is 70.2 Å². The highest BCUT2D eigenvalue weighted by Gasteiger charge is 2.27. The number of nitrogens with one attached hydrogen (secondary N) is 1. The minimum atomic E-state index is -3.90. The number of aromatic nitrogens is 1. The van der Waals surface area contributed by atoms with Crippen LogP contribution in [0.3, 0.4) is 0 Å². The normalized spacial score (nSPS) is 16.8. The molecule has 0 aliphatic carbocycles. The van der Waals surface area contributed by atoms with Crippen LogP contribution in [0.5, 0.6) is 0 Å². The molecule has 1 aliphatic rings. The Morgan fingerprint density at radius 2 is 1.88 bits per heavy atom. The first-order valence-electron chi connectivity index (χ1n) is 11.1. The summed E-state index contributed by atoms with van der Waals surface area (Å²) in [4.78, 5) is 27.1. The third kappa shape index (κ3) is 5.50. The van der Waals surface area contributed by atoms with Gasteiger partial charge in [-0.1, -0.05) is 18.2 Å². The van der Waals surface area contributed by atoms with E-state index >= 15 is 0 Å². The molecule has 1 saturated heterocycles. The number of carbonyl (C=O) groups is 2. The highest BCUT2D eigenvalue weighted by Crippen LogP contribution is 2.27. The van der Waals surface area contributed by atoms with Crippen molar-refractivity contribution in [3.8, 4) is 0 Å². The Hall–Kier alpha value is -2.39. The first-order valence-corrected chi connectivity index (χ1v) is 12.8. The second kappa shape index (κ2) is 10.0. The van der Waals surface area contributed by atoms with Crippen molar-refractivity contribution in [1.29, 1.82) is 0 Å². The summed E-state index contributed by atoms with van der Waals surface area (Å²) >= 11 is 0. The van der Waals surface area contributed by atoms with Gasteiger partial charge in [0.25, 0.3) is 0 Å². The SMILES string of the molecule is CC(C)N(C(=O)Cn1cc(S(=O)(=O)CC(=O)NC[C@@H]2CCCO2)c2ccccc21)C(C)C. The minimum absolute atomic E-state index is 0.0254. The summed E-state index contributed by atoms with van der Waals surface area (Å²) in [5.41, 5.74) is 0.645. The molecule has 8 nitrogen and oxygen atoms in total. The number of nitrogens with zero attached hydrogens (tertiary/aromatic N) is 2. The average Bonchev–Trinajstić information content (AvgIpc) is 3.34. The van der Waals surface area contributed by atoms with Crippen LogP contribution < -0.4 is 5.32 Å². The van der Waals surface area contributed by atoms with Gasteiger partial charge in [-0.15, -0.1) is 0 Å². The molecule has 2 heterocycles. The van der Waals surface area contributed by atoms with Crippen LogP contribution in [0.2, 0.25) is 0 Å². The van der Waals surface area contributed by atoms with E-state index in [9.17, 15) is 18.0 Å². The van der Waals surface area contributed by atoms with Gasteiger partial charge in [-0.05, 0) is 46.6 Å². The van der Waals surface area contributed by atoms with E-state index in [4.69, 9.17) is 4.74 Å². The maximum absolute atomic E-state index is 13.1. The molecule has 1 N–H and O–H groups in total. The van der Waals surface area contributed by atoms with Crippen molar-refractivity contribution in [3.05, 3.63) is 30.5 Å². The molecule has 1 atom stereocenters. The molecule has 9 heteroatoms. The number of sulfone groups is 1. The number of hydrogen-bond donors (Lipinski definition) is 1. The van der Waals surface area contributed by atoms with E-state index in [1.807, 2.05) is 27.7 Å². The molecule has 0 spiro atoms. The Morgan fingerprint density at radius 3 is 2.50 bits per heavy atom. The van der Waals surface area contributed by atoms with Gasteiger partial charge in [-0.25, -0.2) is 8.42 Å². The number of hydrogen-bond acceptors (Lipinski definition) is 5. The molecule has 0 radical (unpaired) electrons. The molecule has 1 aromatic carbocycles. The van der Waals surface area contributed by atoms with Crippen LogP contribution in [0, 0.1) is 0 Å². The first-order chi connectivity index (χ1) is 15.1. The summed E-state index contributed by atoms with van der Waals surface area (Å²) in [7, 11) is -3.90. The number of fused-ring (bicyclic) bond motifs is 1.